The normalized spacial score (nSPS) is 14.6. The third-order valence-corrected chi connectivity index (χ3v) is 4.07. The van der Waals surface area contributed by atoms with Crippen LogP contribution in [0.5, 0.6) is 0 Å². The second-order valence-corrected chi connectivity index (χ2v) is 5.57. The van der Waals surface area contributed by atoms with Gasteiger partial charge in [-0.15, -0.1) is 0 Å². The number of nitrogens with zero attached hydrogens (tertiary/aromatic N) is 2. The first-order valence-corrected chi connectivity index (χ1v) is 7.76. The predicted molar refractivity (Wildman–Crippen MR) is 89.9 cm³/mol. The van der Waals surface area contributed by atoms with Crippen molar-refractivity contribution in [3.05, 3.63) is 47.2 Å². The van der Waals surface area contributed by atoms with Crippen LogP contribution in [0.3, 0.4) is 0 Å². The molecule has 1 aliphatic rings. The fraction of sp³-hybridized carbons (Fsp3) is 0.333. The van der Waals surface area contributed by atoms with Crippen molar-refractivity contribution in [3.63, 3.8) is 0 Å². The molecular formula is C18H20N2O3. The van der Waals surface area contributed by atoms with Gasteiger partial charge in [0.15, 0.2) is 5.88 Å². The van der Waals surface area contributed by atoms with E-state index in [0.717, 1.165) is 30.2 Å². The molecule has 23 heavy (non-hydrogen) atoms. The molecule has 0 unspecified atom stereocenters. The van der Waals surface area contributed by atoms with E-state index in [2.05, 4.69) is 9.89 Å². The molecule has 5 nitrogen and oxygen atoms in total. The number of anilines is 1. The minimum absolute atomic E-state index is 0.353. The molecule has 0 N–H and O–H groups in total. The topological polar surface area (TPSA) is 55.0 Å². The lowest BCUT2D eigenvalue weighted by Crippen LogP contribution is -2.16. The van der Waals surface area contributed by atoms with E-state index in [1.807, 2.05) is 25.1 Å². The summed E-state index contributed by atoms with van der Waals surface area (Å²) in [5, 5.41) is 0. The third kappa shape index (κ3) is 3.28. The number of rotatable bonds is 4. The summed E-state index contributed by atoms with van der Waals surface area (Å²) in [5.74, 6) is 1.24. The first kappa shape index (κ1) is 15.3. The van der Waals surface area contributed by atoms with Gasteiger partial charge in [0.1, 0.15) is 5.76 Å². The first-order chi connectivity index (χ1) is 11.2. The van der Waals surface area contributed by atoms with E-state index in [-0.39, 0.29) is 5.97 Å². The monoisotopic (exact) mass is 312 g/mol. The highest BCUT2D eigenvalue weighted by atomic mass is 16.5. The van der Waals surface area contributed by atoms with E-state index in [0.29, 0.717) is 11.3 Å². The van der Waals surface area contributed by atoms with Crippen molar-refractivity contribution >= 4 is 23.8 Å². The Morgan fingerprint density at radius 2 is 2.04 bits per heavy atom. The van der Waals surface area contributed by atoms with Gasteiger partial charge in [0.25, 0.3) is 0 Å². The maximum Gasteiger partial charge on any atom is 0.338 e. The van der Waals surface area contributed by atoms with Crippen molar-refractivity contribution in [2.24, 2.45) is 4.99 Å². The second-order valence-electron chi connectivity index (χ2n) is 5.57. The number of carbonyl (C=O) groups is 1. The Hall–Kier alpha value is -2.56. The molecule has 5 heteroatoms. The smallest absolute Gasteiger partial charge is 0.338 e. The molecule has 0 atom stereocenters. The van der Waals surface area contributed by atoms with Gasteiger partial charge in [0, 0.05) is 19.2 Å². The van der Waals surface area contributed by atoms with Crippen LogP contribution in [0.15, 0.2) is 39.7 Å². The van der Waals surface area contributed by atoms with Gasteiger partial charge in [-0.25, -0.2) is 4.79 Å². The molecule has 1 aromatic heterocycles. The van der Waals surface area contributed by atoms with Crippen LogP contribution in [0.4, 0.5) is 11.6 Å². The largest absolute Gasteiger partial charge is 0.465 e. The van der Waals surface area contributed by atoms with Gasteiger partial charge >= 0.3 is 5.97 Å². The highest BCUT2D eigenvalue weighted by Gasteiger charge is 2.15. The number of benzene rings is 1. The van der Waals surface area contributed by atoms with Gasteiger partial charge in [0.05, 0.1) is 24.6 Å². The van der Waals surface area contributed by atoms with Crippen molar-refractivity contribution in [2.75, 3.05) is 25.1 Å². The van der Waals surface area contributed by atoms with Crippen LogP contribution in [0.1, 0.15) is 34.5 Å². The molecule has 1 saturated heterocycles. The Kier molecular flexibility index (Phi) is 4.46. The number of furan rings is 1. The average molecular weight is 312 g/mol. The molecule has 0 spiro atoms. The first-order valence-electron chi connectivity index (χ1n) is 7.76. The fourth-order valence-corrected chi connectivity index (χ4v) is 2.75. The molecule has 1 aromatic carbocycles. The lowest BCUT2D eigenvalue weighted by atomic mass is 10.1. The Labute approximate surface area is 135 Å². The van der Waals surface area contributed by atoms with Crippen molar-refractivity contribution in [1.29, 1.82) is 0 Å². The number of hydrogen-bond donors (Lipinski definition) is 0. The van der Waals surface area contributed by atoms with E-state index in [1.165, 1.54) is 20.0 Å². The number of carbonyl (C=O) groups excluding carboxylic acids is 1. The maximum absolute atomic E-state index is 11.7. The summed E-state index contributed by atoms with van der Waals surface area (Å²) in [5.41, 5.74) is 2.05. The highest BCUT2D eigenvalue weighted by Crippen LogP contribution is 2.24. The van der Waals surface area contributed by atoms with Gasteiger partial charge in [0.2, 0.25) is 0 Å². The van der Waals surface area contributed by atoms with Crippen LogP contribution < -0.4 is 4.90 Å². The molecule has 0 amide bonds. The zero-order chi connectivity index (χ0) is 16.2. The fourth-order valence-electron chi connectivity index (χ4n) is 2.75. The lowest BCUT2D eigenvalue weighted by molar-refractivity contribution is 0.0600. The third-order valence-electron chi connectivity index (χ3n) is 4.07. The molecule has 2 heterocycles. The molecule has 120 valence electrons. The number of esters is 1. The molecule has 0 saturated carbocycles. The van der Waals surface area contributed by atoms with Gasteiger partial charge in [-0.05, 0) is 43.5 Å². The summed E-state index contributed by atoms with van der Waals surface area (Å²) in [7, 11) is 1.38. The zero-order valence-electron chi connectivity index (χ0n) is 13.4. The van der Waals surface area contributed by atoms with E-state index in [1.54, 1.807) is 18.3 Å². The minimum atomic E-state index is -0.353. The summed E-state index contributed by atoms with van der Waals surface area (Å²) in [4.78, 5) is 18.4. The average Bonchev–Trinajstić information content (AvgIpc) is 3.24. The SMILES string of the molecule is COC(=O)c1cccc(N=Cc2ccc(N3CCCC3)o2)c1C. The Balaban J connectivity index is 1.79. The Morgan fingerprint density at radius 3 is 2.78 bits per heavy atom. The predicted octanol–water partition coefficient (Wildman–Crippen LogP) is 3.73. The maximum atomic E-state index is 11.7. The van der Waals surface area contributed by atoms with E-state index >= 15 is 0 Å². The van der Waals surface area contributed by atoms with Gasteiger partial charge in [-0.1, -0.05) is 6.07 Å². The minimum Gasteiger partial charge on any atom is -0.465 e. The van der Waals surface area contributed by atoms with Gasteiger partial charge in [-0.2, -0.15) is 0 Å². The van der Waals surface area contributed by atoms with Crippen LogP contribution in [-0.4, -0.2) is 32.4 Å². The van der Waals surface area contributed by atoms with Crippen molar-refractivity contribution in [3.8, 4) is 0 Å². The van der Waals surface area contributed by atoms with Gasteiger partial charge < -0.3 is 14.1 Å². The van der Waals surface area contributed by atoms with Crippen molar-refractivity contribution in [2.45, 2.75) is 19.8 Å². The molecule has 0 aliphatic carbocycles. The highest BCUT2D eigenvalue weighted by molar-refractivity contribution is 5.93. The number of ether oxygens (including phenoxy) is 1. The van der Waals surface area contributed by atoms with Gasteiger partial charge in [-0.3, -0.25) is 4.99 Å². The molecular weight excluding hydrogens is 292 g/mol. The number of aliphatic imine (C=N–C) groups is 1. The molecule has 3 rings (SSSR count). The van der Waals surface area contributed by atoms with Crippen molar-refractivity contribution in [1.82, 2.24) is 0 Å². The zero-order valence-corrected chi connectivity index (χ0v) is 13.4. The lowest BCUT2D eigenvalue weighted by Gasteiger charge is -2.12. The Morgan fingerprint density at radius 1 is 1.26 bits per heavy atom. The van der Waals surface area contributed by atoms with E-state index in [9.17, 15) is 4.79 Å². The number of hydrogen-bond acceptors (Lipinski definition) is 5. The molecule has 0 bridgehead atoms. The summed E-state index contributed by atoms with van der Waals surface area (Å²) < 4.78 is 10.6. The summed E-state index contributed by atoms with van der Waals surface area (Å²) >= 11 is 0. The number of methoxy groups -OCH3 is 1. The van der Waals surface area contributed by atoms with Crippen LogP contribution in [-0.2, 0) is 4.74 Å². The molecule has 0 radical (unpaired) electrons. The molecule has 2 aromatic rings. The van der Waals surface area contributed by atoms with Crippen LogP contribution in [0.25, 0.3) is 0 Å². The van der Waals surface area contributed by atoms with Crippen LogP contribution in [0, 0.1) is 6.92 Å². The van der Waals surface area contributed by atoms with E-state index < -0.39 is 0 Å². The summed E-state index contributed by atoms with van der Waals surface area (Å²) in [6.45, 7) is 3.95. The van der Waals surface area contributed by atoms with E-state index in [4.69, 9.17) is 9.15 Å². The summed E-state index contributed by atoms with van der Waals surface area (Å²) in [6.07, 6.45) is 4.11. The quantitative estimate of drug-likeness (QED) is 0.637. The Bertz CT molecular complexity index is 728. The van der Waals surface area contributed by atoms with Crippen molar-refractivity contribution < 1.29 is 13.9 Å². The molecule has 1 aliphatic heterocycles. The summed E-state index contributed by atoms with van der Waals surface area (Å²) in [6, 6.07) is 9.28. The van der Waals surface area contributed by atoms with Crippen LogP contribution in [0.2, 0.25) is 0 Å². The standard InChI is InChI=1S/C18H20N2O3/c1-13-15(18(21)22-2)6-5-7-16(13)19-12-14-8-9-17(23-14)20-10-3-4-11-20/h5-9,12H,3-4,10-11H2,1-2H3. The molecule has 1 fully saturated rings. The van der Waals surface area contributed by atoms with Crippen LogP contribution >= 0.6 is 0 Å². The second kappa shape index (κ2) is 6.69.